The zero-order chi connectivity index (χ0) is 27.9. The zero-order valence-corrected chi connectivity index (χ0v) is 23.3. The Labute approximate surface area is 235 Å². The van der Waals surface area contributed by atoms with Crippen LogP contribution in [-0.2, 0) is 9.53 Å². The Kier molecular flexibility index (Phi) is 8.91. The van der Waals surface area contributed by atoms with Crippen molar-refractivity contribution in [1.29, 1.82) is 0 Å². The minimum Gasteiger partial charge on any atom is -0.497 e. The fourth-order valence-corrected chi connectivity index (χ4v) is 5.20. The summed E-state index contributed by atoms with van der Waals surface area (Å²) >= 11 is 0. The number of methoxy groups -OCH3 is 1. The van der Waals surface area contributed by atoms with Gasteiger partial charge in [-0.1, -0.05) is 29.8 Å². The molecular formula is C31H37N5O4. The van der Waals surface area contributed by atoms with Gasteiger partial charge in [-0.25, -0.2) is 0 Å². The highest BCUT2D eigenvalue weighted by Gasteiger charge is 2.28. The van der Waals surface area contributed by atoms with E-state index in [1.165, 1.54) is 5.56 Å². The number of carbonyl (C=O) groups excluding carboxylic acids is 2. The van der Waals surface area contributed by atoms with Gasteiger partial charge >= 0.3 is 0 Å². The van der Waals surface area contributed by atoms with Crippen LogP contribution in [-0.4, -0.2) is 90.9 Å². The van der Waals surface area contributed by atoms with Gasteiger partial charge in [0.2, 0.25) is 5.91 Å². The summed E-state index contributed by atoms with van der Waals surface area (Å²) in [5, 5.41) is 8.93. The molecule has 1 aromatic heterocycles. The maximum Gasteiger partial charge on any atom is 0.254 e. The molecule has 0 unspecified atom stereocenters. The van der Waals surface area contributed by atoms with E-state index in [-0.39, 0.29) is 24.5 Å². The van der Waals surface area contributed by atoms with Gasteiger partial charge in [-0.15, -0.1) is 10.2 Å². The standard InChI is InChI=1S/C31H37N5O4/c1-23-6-8-24(9-7-23)28-14-15-29(33-32-28)34-16-4-17-35(19-18-34)30(37)22-36(21-27-5-3-20-40-27)31(38)25-10-12-26(39-2)13-11-25/h6-15,27H,3-5,16-22H2,1-2H3/t27-/m0/s1. The van der Waals surface area contributed by atoms with Gasteiger partial charge in [0.25, 0.3) is 5.91 Å². The first-order valence-electron chi connectivity index (χ1n) is 14.0. The summed E-state index contributed by atoms with van der Waals surface area (Å²) in [5.41, 5.74) is 3.61. The second-order valence-corrected chi connectivity index (χ2v) is 10.4. The summed E-state index contributed by atoms with van der Waals surface area (Å²) in [5.74, 6) is 1.26. The van der Waals surface area contributed by atoms with Crippen molar-refractivity contribution in [3.8, 4) is 17.0 Å². The Morgan fingerprint density at radius 2 is 1.75 bits per heavy atom. The molecule has 2 fully saturated rings. The van der Waals surface area contributed by atoms with Crippen LogP contribution >= 0.6 is 0 Å². The van der Waals surface area contributed by atoms with Gasteiger partial charge < -0.3 is 24.2 Å². The predicted molar refractivity (Wildman–Crippen MR) is 153 cm³/mol. The molecule has 1 atom stereocenters. The molecule has 0 aliphatic carbocycles. The second-order valence-electron chi connectivity index (χ2n) is 10.4. The minimum absolute atomic E-state index is 0.0236. The highest BCUT2D eigenvalue weighted by atomic mass is 16.5. The van der Waals surface area contributed by atoms with Crippen LogP contribution in [0.25, 0.3) is 11.3 Å². The van der Waals surface area contributed by atoms with Crippen molar-refractivity contribution < 1.29 is 19.1 Å². The van der Waals surface area contributed by atoms with Gasteiger partial charge in [0, 0.05) is 50.5 Å². The summed E-state index contributed by atoms with van der Waals surface area (Å²) in [6.07, 6.45) is 2.63. The number of hydrogen-bond acceptors (Lipinski definition) is 7. The maximum atomic E-state index is 13.5. The Bertz CT molecular complexity index is 1270. The van der Waals surface area contributed by atoms with E-state index < -0.39 is 0 Å². The number of ether oxygens (including phenoxy) is 2. The molecule has 2 aliphatic rings. The summed E-state index contributed by atoms with van der Waals surface area (Å²) in [6.45, 7) is 5.82. The van der Waals surface area contributed by atoms with Crippen LogP contribution in [0.3, 0.4) is 0 Å². The zero-order valence-electron chi connectivity index (χ0n) is 23.3. The lowest BCUT2D eigenvalue weighted by Crippen LogP contribution is -2.46. The Hall–Kier alpha value is -3.98. The van der Waals surface area contributed by atoms with Gasteiger partial charge in [-0.3, -0.25) is 9.59 Å². The Morgan fingerprint density at radius 1 is 0.950 bits per heavy atom. The SMILES string of the molecule is COc1ccc(C(=O)N(CC(=O)N2CCCN(c3ccc(-c4ccc(C)cc4)nn3)CC2)C[C@@H]2CCCO2)cc1. The van der Waals surface area contributed by atoms with Crippen molar-refractivity contribution in [2.75, 3.05) is 57.9 Å². The molecule has 0 spiro atoms. The first-order chi connectivity index (χ1) is 19.5. The lowest BCUT2D eigenvalue weighted by Gasteiger charge is -2.28. The number of anilines is 1. The van der Waals surface area contributed by atoms with Crippen molar-refractivity contribution in [1.82, 2.24) is 20.0 Å². The topological polar surface area (TPSA) is 88.1 Å². The number of hydrogen-bond donors (Lipinski definition) is 0. The smallest absolute Gasteiger partial charge is 0.254 e. The van der Waals surface area contributed by atoms with Crippen LogP contribution in [0.1, 0.15) is 35.2 Å². The third-order valence-corrected chi connectivity index (χ3v) is 7.57. The lowest BCUT2D eigenvalue weighted by molar-refractivity contribution is -0.132. The molecule has 0 radical (unpaired) electrons. The normalized spacial score (nSPS) is 17.4. The molecule has 2 amide bonds. The second kappa shape index (κ2) is 12.9. The molecule has 2 saturated heterocycles. The highest BCUT2D eigenvalue weighted by molar-refractivity contribution is 5.96. The lowest BCUT2D eigenvalue weighted by atomic mass is 10.1. The fraction of sp³-hybridized carbons (Fsp3) is 0.419. The number of nitrogens with zero attached hydrogens (tertiary/aromatic N) is 5. The Morgan fingerprint density at radius 3 is 2.42 bits per heavy atom. The molecule has 0 bridgehead atoms. The van der Waals surface area contributed by atoms with Gasteiger partial charge in [0.05, 0.1) is 18.9 Å². The monoisotopic (exact) mass is 543 g/mol. The number of amides is 2. The predicted octanol–water partition coefficient (Wildman–Crippen LogP) is 3.82. The quantitative estimate of drug-likeness (QED) is 0.427. The van der Waals surface area contributed by atoms with E-state index >= 15 is 0 Å². The maximum absolute atomic E-state index is 13.5. The molecule has 0 N–H and O–H groups in total. The molecule has 0 saturated carbocycles. The van der Waals surface area contributed by atoms with Crippen molar-refractivity contribution >= 4 is 17.6 Å². The van der Waals surface area contributed by atoms with Gasteiger partial charge in [0.15, 0.2) is 5.82 Å². The van der Waals surface area contributed by atoms with E-state index in [2.05, 4.69) is 46.3 Å². The van der Waals surface area contributed by atoms with Gasteiger partial charge in [-0.05, 0) is 62.6 Å². The van der Waals surface area contributed by atoms with E-state index in [1.54, 1.807) is 36.3 Å². The van der Waals surface area contributed by atoms with E-state index in [9.17, 15) is 9.59 Å². The number of benzene rings is 2. The fourth-order valence-electron chi connectivity index (χ4n) is 5.20. The molecule has 9 heteroatoms. The van der Waals surface area contributed by atoms with Crippen molar-refractivity contribution in [2.24, 2.45) is 0 Å². The summed E-state index contributed by atoms with van der Waals surface area (Å²) in [4.78, 5) is 32.6. The van der Waals surface area contributed by atoms with Crippen molar-refractivity contribution in [3.63, 3.8) is 0 Å². The van der Waals surface area contributed by atoms with E-state index in [0.29, 0.717) is 44.1 Å². The van der Waals surface area contributed by atoms with E-state index in [0.717, 1.165) is 42.9 Å². The molecule has 210 valence electrons. The molecule has 2 aromatic carbocycles. The van der Waals surface area contributed by atoms with Crippen LogP contribution in [0.15, 0.2) is 60.7 Å². The van der Waals surface area contributed by atoms with Crippen LogP contribution in [0.4, 0.5) is 5.82 Å². The van der Waals surface area contributed by atoms with Gasteiger partial charge in [0.1, 0.15) is 12.3 Å². The van der Waals surface area contributed by atoms with Gasteiger partial charge in [-0.2, -0.15) is 0 Å². The largest absolute Gasteiger partial charge is 0.497 e. The van der Waals surface area contributed by atoms with Crippen molar-refractivity contribution in [3.05, 3.63) is 71.8 Å². The molecule has 3 heterocycles. The molecular weight excluding hydrogens is 506 g/mol. The number of carbonyl (C=O) groups is 2. The summed E-state index contributed by atoms with van der Waals surface area (Å²) < 4.78 is 11.0. The third kappa shape index (κ3) is 6.77. The number of aromatic nitrogens is 2. The molecule has 3 aromatic rings. The third-order valence-electron chi connectivity index (χ3n) is 7.57. The average Bonchev–Trinajstić information content (AvgIpc) is 3.38. The first kappa shape index (κ1) is 27.6. The molecule has 5 rings (SSSR count). The van der Waals surface area contributed by atoms with Crippen LogP contribution < -0.4 is 9.64 Å². The molecule has 40 heavy (non-hydrogen) atoms. The van der Waals surface area contributed by atoms with Crippen LogP contribution in [0.2, 0.25) is 0 Å². The summed E-state index contributed by atoms with van der Waals surface area (Å²) in [7, 11) is 1.59. The first-order valence-corrected chi connectivity index (χ1v) is 14.0. The van der Waals surface area contributed by atoms with Crippen LogP contribution in [0.5, 0.6) is 5.75 Å². The number of rotatable bonds is 8. The van der Waals surface area contributed by atoms with Crippen LogP contribution in [0, 0.1) is 6.92 Å². The molecule has 2 aliphatic heterocycles. The Balaban J connectivity index is 1.22. The summed E-state index contributed by atoms with van der Waals surface area (Å²) in [6, 6.07) is 19.2. The number of aryl methyl sites for hydroxylation is 1. The highest BCUT2D eigenvalue weighted by Crippen LogP contribution is 2.21. The average molecular weight is 544 g/mol. The van der Waals surface area contributed by atoms with E-state index in [1.807, 2.05) is 17.0 Å². The van der Waals surface area contributed by atoms with E-state index in [4.69, 9.17) is 9.47 Å². The van der Waals surface area contributed by atoms with Crippen molar-refractivity contribution in [2.45, 2.75) is 32.3 Å². The molecule has 9 nitrogen and oxygen atoms in total. The minimum atomic E-state index is -0.174.